The molecule has 152 valence electrons. The summed E-state index contributed by atoms with van der Waals surface area (Å²) >= 11 is 1.60. The number of ether oxygens (including phenoxy) is 1. The lowest BCUT2D eigenvalue weighted by atomic mass is 10.2. The maximum Gasteiger partial charge on any atom is 0.339 e. The Balaban J connectivity index is 1.57. The summed E-state index contributed by atoms with van der Waals surface area (Å²) < 4.78 is 17.6. The van der Waals surface area contributed by atoms with Gasteiger partial charge < -0.3 is 4.74 Å². The van der Waals surface area contributed by atoms with Crippen molar-refractivity contribution in [2.45, 2.75) is 21.6 Å². The smallest absolute Gasteiger partial charge is 0.339 e. The van der Waals surface area contributed by atoms with E-state index in [1.165, 1.54) is 0 Å². The molecular formula is C23H19NO4S2. The zero-order valence-electron chi connectivity index (χ0n) is 16.2. The summed E-state index contributed by atoms with van der Waals surface area (Å²) in [5, 5.41) is 0. The minimum absolute atomic E-state index is 0.223. The highest BCUT2D eigenvalue weighted by atomic mass is 32.2. The first-order chi connectivity index (χ1) is 14.6. The zero-order valence-corrected chi connectivity index (χ0v) is 17.9. The van der Waals surface area contributed by atoms with Gasteiger partial charge in [-0.05, 0) is 36.4 Å². The van der Waals surface area contributed by atoms with E-state index >= 15 is 0 Å². The third-order valence-corrected chi connectivity index (χ3v) is 7.12. The first kappa shape index (κ1) is 20.4. The van der Waals surface area contributed by atoms with Crippen molar-refractivity contribution in [2.75, 3.05) is 17.3 Å². The van der Waals surface area contributed by atoms with Gasteiger partial charge in [0.05, 0.1) is 32.6 Å². The first-order valence-electron chi connectivity index (χ1n) is 9.43. The lowest BCUT2D eigenvalue weighted by Gasteiger charge is -2.30. The van der Waals surface area contributed by atoms with E-state index in [2.05, 4.69) is 0 Å². The number of benzene rings is 3. The number of carbonyl (C=O) groups is 2. The number of nitrogens with zero attached hydrogens (tertiary/aromatic N) is 1. The van der Waals surface area contributed by atoms with Gasteiger partial charge in [-0.1, -0.05) is 55.1 Å². The number of anilines is 2. The molecule has 7 heteroatoms. The maximum atomic E-state index is 13.1. The molecule has 5 nitrogen and oxygen atoms in total. The molecule has 30 heavy (non-hydrogen) atoms. The number of hydrogen-bond donors (Lipinski definition) is 0. The molecule has 0 saturated carbocycles. The SMILES string of the molecule is CCS(=O)c1ccccc1C(=O)OCC(=O)N1c2ccccc2Sc2ccccc21. The van der Waals surface area contributed by atoms with E-state index in [0.29, 0.717) is 10.6 Å². The van der Waals surface area contributed by atoms with Crippen molar-refractivity contribution >= 4 is 45.8 Å². The number of carbonyl (C=O) groups excluding carboxylic acids is 2. The molecule has 0 radical (unpaired) electrons. The average Bonchev–Trinajstić information content (AvgIpc) is 2.80. The molecule has 1 amide bonds. The van der Waals surface area contributed by atoms with Crippen LogP contribution in [0, 0.1) is 0 Å². The fraction of sp³-hybridized carbons (Fsp3) is 0.130. The van der Waals surface area contributed by atoms with Crippen LogP contribution >= 0.6 is 11.8 Å². The van der Waals surface area contributed by atoms with Gasteiger partial charge in [-0.3, -0.25) is 13.9 Å². The molecule has 1 heterocycles. The molecule has 1 atom stereocenters. The Morgan fingerprint density at radius 1 is 0.900 bits per heavy atom. The second-order valence-corrected chi connectivity index (χ2v) is 9.27. The zero-order chi connectivity index (χ0) is 21.1. The highest BCUT2D eigenvalue weighted by Crippen LogP contribution is 2.47. The van der Waals surface area contributed by atoms with E-state index in [-0.39, 0.29) is 11.5 Å². The van der Waals surface area contributed by atoms with E-state index in [4.69, 9.17) is 4.74 Å². The quantitative estimate of drug-likeness (QED) is 0.537. The van der Waals surface area contributed by atoms with E-state index in [0.717, 1.165) is 21.2 Å². The number of amides is 1. The van der Waals surface area contributed by atoms with Gasteiger partial charge in [0.25, 0.3) is 5.91 Å². The van der Waals surface area contributed by atoms with E-state index < -0.39 is 23.4 Å². The van der Waals surface area contributed by atoms with Crippen LogP contribution in [0.15, 0.2) is 87.5 Å². The summed E-state index contributed by atoms with van der Waals surface area (Å²) in [4.78, 5) is 29.7. The number of esters is 1. The molecule has 1 unspecified atom stereocenters. The molecular weight excluding hydrogens is 418 g/mol. The van der Waals surface area contributed by atoms with Crippen LogP contribution in [0.25, 0.3) is 0 Å². The largest absolute Gasteiger partial charge is 0.452 e. The summed E-state index contributed by atoms with van der Waals surface area (Å²) in [7, 11) is -1.30. The molecule has 3 aromatic rings. The van der Waals surface area contributed by atoms with Crippen molar-refractivity contribution in [3.63, 3.8) is 0 Å². The van der Waals surface area contributed by atoms with Crippen LogP contribution in [-0.2, 0) is 20.3 Å². The average molecular weight is 438 g/mol. The van der Waals surface area contributed by atoms with Crippen molar-refractivity contribution in [3.8, 4) is 0 Å². The van der Waals surface area contributed by atoms with Crippen LogP contribution in [0.3, 0.4) is 0 Å². The predicted octanol–water partition coefficient (Wildman–Crippen LogP) is 4.80. The number of rotatable bonds is 5. The summed E-state index contributed by atoms with van der Waals surface area (Å²) in [6.07, 6.45) is 0. The monoisotopic (exact) mass is 437 g/mol. The third kappa shape index (κ3) is 3.91. The molecule has 0 bridgehead atoms. The lowest BCUT2D eigenvalue weighted by molar-refractivity contribution is -0.121. The molecule has 0 aromatic heterocycles. The molecule has 1 aliphatic heterocycles. The Morgan fingerprint density at radius 2 is 1.47 bits per heavy atom. The Labute approximate surface area is 181 Å². The van der Waals surface area contributed by atoms with Gasteiger partial charge in [-0.25, -0.2) is 4.79 Å². The van der Waals surface area contributed by atoms with Crippen molar-refractivity contribution < 1.29 is 18.5 Å². The molecule has 0 spiro atoms. The van der Waals surface area contributed by atoms with Gasteiger partial charge >= 0.3 is 5.97 Å². The first-order valence-corrected chi connectivity index (χ1v) is 11.6. The van der Waals surface area contributed by atoms with Crippen molar-refractivity contribution in [3.05, 3.63) is 78.4 Å². The van der Waals surface area contributed by atoms with Gasteiger partial charge in [0, 0.05) is 15.5 Å². The molecule has 3 aromatic carbocycles. The minimum atomic E-state index is -1.30. The number of fused-ring (bicyclic) bond motifs is 2. The number of hydrogen-bond acceptors (Lipinski definition) is 5. The van der Waals surface area contributed by atoms with Crippen molar-refractivity contribution in [1.82, 2.24) is 0 Å². The summed E-state index contributed by atoms with van der Waals surface area (Å²) in [6.45, 7) is 1.37. The Kier molecular flexibility index (Phi) is 6.01. The van der Waals surface area contributed by atoms with Crippen LogP contribution in [0.1, 0.15) is 17.3 Å². The Morgan fingerprint density at radius 3 is 2.10 bits per heavy atom. The Bertz CT molecular complexity index is 1100. The highest BCUT2D eigenvalue weighted by molar-refractivity contribution is 7.99. The van der Waals surface area contributed by atoms with Crippen LogP contribution in [-0.4, -0.2) is 28.4 Å². The molecule has 0 N–H and O–H groups in total. The standard InChI is InChI=1S/C23H19NO4S2/c1-2-30(27)21-14-8-3-9-16(21)23(26)28-15-22(25)24-17-10-4-6-12-19(17)29-20-13-7-5-11-18(20)24/h3-14H,2,15H2,1H3. The maximum absolute atomic E-state index is 13.1. The van der Waals surface area contributed by atoms with Crippen LogP contribution in [0.2, 0.25) is 0 Å². The van der Waals surface area contributed by atoms with Gasteiger partial charge in [0.1, 0.15) is 0 Å². The summed E-state index contributed by atoms with van der Waals surface area (Å²) in [5.41, 5.74) is 1.74. The normalized spacial score (nSPS) is 13.2. The topological polar surface area (TPSA) is 63.7 Å². The van der Waals surface area contributed by atoms with Gasteiger partial charge in [-0.2, -0.15) is 0 Å². The van der Waals surface area contributed by atoms with E-state index in [9.17, 15) is 13.8 Å². The van der Waals surface area contributed by atoms with Crippen molar-refractivity contribution in [2.24, 2.45) is 0 Å². The van der Waals surface area contributed by atoms with Crippen LogP contribution in [0.5, 0.6) is 0 Å². The molecule has 0 aliphatic carbocycles. The van der Waals surface area contributed by atoms with E-state index in [1.807, 2.05) is 48.5 Å². The number of para-hydroxylation sites is 2. The fourth-order valence-electron chi connectivity index (χ4n) is 3.23. The molecule has 0 fully saturated rings. The Hall–Kier alpha value is -2.90. The predicted molar refractivity (Wildman–Crippen MR) is 118 cm³/mol. The minimum Gasteiger partial charge on any atom is -0.452 e. The van der Waals surface area contributed by atoms with Crippen LogP contribution in [0.4, 0.5) is 11.4 Å². The second kappa shape index (κ2) is 8.85. The molecule has 1 aliphatic rings. The summed E-state index contributed by atoms with van der Waals surface area (Å²) in [5.74, 6) is -0.617. The van der Waals surface area contributed by atoms with Gasteiger partial charge in [0.2, 0.25) is 0 Å². The fourth-order valence-corrected chi connectivity index (χ4v) is 5.23. The molecule has 4 rings (SSSR count). The lowest BCUT2D eigenvalue weighted by Crippen LogP contribution is -2.32. The highest BCUT2D eigenvalue weighted by Gasteiger charge is 2.28. The molecule has 0 saturated heterocycles. The third-order valence-electron chi connectivity index (χ3n) is 4.62. The van der Waals surface area contributed by atoms with Gasteiger partial charge in [0.15, 0.2) is 6.61 Å². The second-order valence-electron chi connectivity index (χ2n) is 6.47. The van der Waals surface area contributed by atoms with E-state index in [1.54, 1.807) is 47.9 Å². The summed E-state index contributed by atoms with van der Waals surface area (Å²) in [6, 6.07) is 21.9. The van der Waals surface area contributed by atoms with Crippen molar-refractivity contribution in [1.29, 1.82) is 0 Å². The van der Waals surface area contributed by atoms with Gasteiger partial charge in [-0.15, -0.1) is 0 Å². The van der Waals surface area contributed by atoms with Crippen LogP contribution < -0.4 is 4.90 Å².